The van der Waals surface area contributed by atoms with E-state index in [9.17, 15) is 4.79 Å². The summed E-state index contributed by atoms with van der Waals surface area (Å²) in [5.74, 6) is 1.09. The fourth-order valence-corrected chi connectivity index (χ4v) is 4.73. The van der Waals surface area contributed by atoms with E-state index in [0.717, 1.165) is 46.0 Å². The number of fused-ring (bicyclic) bond motifs is 2. The van der Waals surface area contributed by atoms with E-state index in [-0.39, 0.29) is 11.9 Å². The smallest absolute Gasteiger partial charge is 0.316 e. The van der Waals surface area contributed by atoms with E-state index in [0.29, 0.717) is 18.2 Å². The van der Waals surface area contributed by atoms with Gasteiger partial charge in [0.25, 0.3) is 0 Å². The molecule has 6 nitrogen and oxygen atoms in total. The molecule has 1 unspecified atom stereocenters. The lowest BCUT2D eigenvalue weighted by Crippen LogP contribution is -2.15. The van der Waals surface area contributed by atoms with Gasteiger partial charge in [-0.3, -0.25) is 9.36 Å². The van der Waals surface area contributed by atoms with Crippen molar-refractivity contribution in [3.05, 3.63) is 82.1 Å². The maximum atomic E-state index is 12.0. The number of imidazole rings is 1. The number of hydrogen-bond donors (Lipinski definition) is 1. The first-order valence-corrected chi connectivity index (χ1v) is 11.7. The standard InChI is InChI=1S/C27H26ClN3O3/c1-4-26-30-22-11-8-18(28)12-24(22)31(26)23-7-5-6-17(16(23)2)14-29-19-9-10-20-21(27(32)33-3)15-34-25(20)13-19/h5-13,21,29H,4,14-15H2,1-3H3. The average Bonchev–Trinajstić information content (AvgIpc) is 3.43. The summed E-state index contributed by atoms with van der Waals surface area (Å²) in [6.07, 6.45) is 0.815. The van der Waals surface area contributed by atoms with E-state index in [1.165, 1.54) is 18.2 Å². The van der Waals surface area contributed by atoms with Gasteiger partial charge in [0.05, 0.1) is 23.8 Å². The summed E-state index contributed by atoms with van der Waals surface area (Å²) < 4.78 is 12.8. The topological polar surface area (TPSA) is 65.4 Å². The third-order valence-corrected chi connectivity index (χ3v) is 6.66. The van der Waals surface area contributed by atoms with E-state index in [2.05, 4.69) is 41.9 Å². The van der Waals surface area contributed by atoms with Gasteiger partial charge in [-0.25, -0.2) is 4.98 Å². The van der Waals surface area contributed by atoms with Crippen molar-refractivity contribution in [2.75, 3.05) is 19.0 Å². The maximum Gasteiger partial charge on any atom is 0.316 e. The molecule has 4 aromatic rings. The minimum atomic E-state index is -0.362. The van der Waals surface area contributed by atoms with Gasteiger partial charge in [-0.1, -0.05) is 36.7 Å². The summed E-state index contributed by atoms with van der Waals surface area (Å²) in [4.78, 5) is 16.8. The Morgan fingerprint density at radius 1 is 1.24 bits per heavy atom. The Kier molecular flexibility index (Phi) is 5.92. The SMILES string of the molecule is CCc1nc2ccc(Cl)cc2n1-c1cccc(CNc2ccc3c(c2)OCC3C(=O)OC)c1C. The Bertz CT molecular complexity index is 1400. The monoisotopic (exact) mass is 475 g/mol. The van der Waals surface area contributed by atoms with Crippen molar-refractivity contribution in [3.8, 4) is 11.4 Å². The van der Waals surface area contributed by atoms with E-state index in [1.807, 2.05) is 36.4 Å². The number of anilines is 1. The summed E-state index contributed by atoms with van der Waals surface area (Å²) in [7, 11) is 1.40. The van der Waals surface area contributed by atoms with Crippen molar-refractivity contribution in [3.63, 3.8) is 0 Å². The number of rotatable bonds is 6. The zero-order valence-electron chi connectivity index (χ0n) is 19.4. The molecule has 0 spiro atoms. The number of ether oxygens (including phenoxy) is 2. The second-order valence-corrected chi connectivity index (χ2v) is 8.84. The third kappa shape index (κ3) is 3.88. The fourth-order valence-electron chi connectivity index (χ4n) is 4.56. The van der Waals surface area contributed by atoms with Crippen LogP contribution in [0.5, 0.6) is 5.75 Å². The number of aryl methyl sites for hydroxylation is 1. The summed E-state index contributed by atoms with van der Waals surface area (Å²) in [6.45, 7) is 5.21. The molecule has 0 saturated heterocycles. The Balaban J connectivity index is 1.43. The van der Waals surface area contributed by atoms with Gasteiger partial charge in [-0.15, -0.1) is 0 Å². The van der Waals surface area contributed by atoms with Crippen LogP contribution in [-0.2, 0) is 22.5 Å². The van der Waals surface area contributed by atoms with Crippen molar-refractivity contribution in [1.82, 2.24) is 9.55 Å². The van der Waals surface area contributed by atoms with E-state index < -0.39 is 0 Å². The molecule has 2 heterocycles. The Labute approximate surface area is 203 Å². The van der Waals surface area contributed by atoms with Crippen LogP contribution in [0.2, 0.25) is 5.02 Å². The molecule has 0 amide bonds. The summed E-state index contributed by atoms with van der Waals surface area (Å²) >= 11 is 6.31. The van der Waals surface area contributed by atoms with Crippen molar-refractivity contribution in [2.24, 2.45) is 0 Å². The highest BCUT2D eigenvalue weighted by Gasteiger charge is 2.31. The highest BCUT2D eigenvalue weighted by atomic mass is 35.5. The molecule has 0 bridgehead atoms. The first-order chi connectivity index (χ1) is 16.5. The van der Waals surface area contributed by atoms with E-state index in [1.54, 1.807) is 0 Å². The van der Waals surface area contributed by atoms with E-state index >= 15 is 0 Å². The number of aromatic nitrogens is 2. The lowest BCUT2D eigenvalue weighted by Gasteiger charge is -2.16. The predicted octanol–water partition coefficient (Wildman–Crippen LogP) is 5.81. The quantitative estimate of drug-likeness (QED) is 0.356. The van der Waals surface area contributed by atoms with Crippen molar-refractivity contribution in [2.45, 2.75) is 32.7 Å². The summed E-state index contributed by atoms with van der Waals surface area (Å²) in [5, 5.41) is 4.19. The second-order valence-electron chi connectivity index (χ2n) is 8.40. The molecule has 0 aliphatic carbocycles. The van der Waals surface area contributed by atoms with E-state index in [4.69, 9.17) is 26.1 Å². The molecule has 3 aromatic carbocycles. The molecule has 5 rings (SSSR count). The van der Waals surface area contributed by atoms with Crippen LogP contribution in [0.25, 0.3) is 16.7 Å². The number of nitrogens with zero attached hydrogens (tertiary/aromatic N) is 2. The van der Waals surface area contributed by atoms with Crippen LogP contribution >= 0.6 is 11.6 Å². The van der Waals surface area contributed by atoms with Crippen LogP contribution < -0.4 is 10.1 Å². The largest absolute Gasteiger partial charge is 0.492 e. The van der Waals surface area contributed by atoms with Crippen LogP contribution in [0.15, 0.2) is 54.6 Å². The number of carbonyl (C=O) groups is 1. The number of hydrogen-bond acceptors (Lipinski definition) is 5. The van der Waals surface area contributed by atoms with Crippen LogP contribution in [-0.4, -0.2) is 29.2 Å². The second kappa shape index (κ2) is 9.03. The Hall–Kier alpha value is -3.51. The number of halogens is 1. The van der Waals surface area contributed by atoms with Gasteiger partial charge in [-0.05, 0) is 48.4 Å². The zero-order chi connectivity index (χ0) is 23.8. The van der Waals surface area contributed by atoms with Gasteiger partial charge in [-0.2, -0.15) is 0 Å². The highest BCUT2D eigenvalue weighted by Crippen LogP contribution is 2.37. The molecule has 7 heteroatoms. The maximum absolute atomic E-state index is 12.0. The molecule has 1 aliphatic rings. The number of esters is 1. The van der Waals surface area contributed by atoms with Gasteiger partial charge in [0.1, 0.15) is 24.1 Å². The van der Waals surface area contributed by atoms with Gasteiger partial charge in [0.15, 0.2) is 0 Å². The van der Waals surface area contributed by atoms with Gasteiger partial charge in [0.2, 0.25) is 0 Å². The van der Waals surface area contributed by atoms with Crippen molar-refractivity contribution in [1.29, 1.82) is 0 Å². The third-order valence-electron chi connectivity index (χ3n) is 6.42. The molecule has 0 fully saturated rings. The highest BCUT2D eigenvalue weighted by molar-refractivity contribution is 6.31. The van der Waals surface area contributed by atoms with Crippen molar-refractivity contribution >= 4 is 34.3 Å². The number of nitrogens with one attached hydrogen (secondary N) is 1. The number of carbonyl (C=O) groups excluding carboxylic acids is 1. The molecule has 1 N–H and O–H groups in total. The molecule has 174 valence electrons. The molecule has 34 heavy (non-hydrogen) atoms. The van der Waals surface area contributed by atoms with Crippen LogP contribution in [0.4, 0.5) is 5.69 Å². The predicted molar refractivity (Wildman–Crippen MR) is 134 cm³/mol. The Morgan fingerprint density at radius 3 is 2.88 bits per heavy atom. The van der Waals surface area contributed by atoms with Crippen molar-refractivity contribution < 1.29 is 14.3 Å². The van der Waals surface area contributed by atoms with Crippen LogP contribution in [0, 0.1) is 6.92 Å². The van der Waals surface area contributed by atoms with Gasteiger partial charge in [0, 0.05) is 35.3 Å². The molecular formula is C27H26ClN3O3. The molecule has 0 saturated carbocycles. The molecule has 1 aromatic heterocycles. The fraction of sp³-hybridized carbons (Fsp3) is 0.259. The van der Waals surface area contributed by atoms with Crippen LogP contribution in [0.3, 0.4) is 0 Å². The lowest BCUT2D eigenvalue weighted by atomic mass is 10.0. The summed E-state index contributed by atoms with van der Waals surface area (Å²) in [5.41, 5.74) is 7.20. The Morgan fingerprint density at radius 2 is 2.09 bits per heavy atom. The van der Waals surface area contributed by atoms with Crippen LogP contribution in [0.1, 0.15) is 35.4 Å². The lowest BCUT2D eigenvalue weighted by molar-refractivity contribution is -0.142. The molecule has 0 radical (unpaired) electrons. The molecular weight excluding hydrogens is 450 g/mol. The molecule has 1 aliphatic heterocycles. The minimum absolute atomic E-state index is 0.272. The van der Waals surface area contributed by atoms with Gasteiger partial charge >= 0.3 is 5.97 Å². The minimum Gasteiger partial charge on any atom is -0.492 e. The average molecular weight is 476 g/mol. The van der Waals surface area contributed by atoms with Gasteiger partial charge < -0.3 is 14.8 Å². The first kappa shape index (κ1) is 22.3. The molecule has 1 atom stereocenters. The number of methoxy groups -OCH3 is 1. The number of benzene rings is 3. The normalized spacial score (nSPS) is 14.6. The summed E-state index contributed by atoms with van der Waals surface area (Å²) in [6, 6.07) is 18.0. The first-order valence-electron chi connectivity index (χ1n) is 11.3. The zero-order valence-corrected chi connectivity index (χ0v) is 20.1.